The molecule has 0 spiro atoms. The van der Waals surface area contributed by atoms with Gasteiger partial charge in [0.1, 0.15) is 11.6 Å². The van der Waals surface area contributed by atoms with E-state index in [0.29, 0.717) is 33.7 Å². The summed E-state index contributed by atoms with van der Waals surface area (Å²) in [6.07, 6.45) is 0. The highest BCUT2D eigenvalue weighted by atomic mass is 79.9. The topological polar surface area (TPSA) is 64.4 Å². The number of rotatable bonds is 7. The number of methoxy groups -OCH3 is 1. The predicted octanol–water partition coefficient (Wildman–Crippen LogP) is 6.18. The summed E-state index contributed by atoms with van der Waals surface area (Å²) in [7, 11) is 1.58. The summed E-state index contributed by atoms with van der Waals surface area (Å²) in [6.45, 7) is 0.468. The smallest absolute Gasteiger partial charge is 0.261 e. The van der Waals surface area contributed by atoms with Crippen LogP contribution in [0, 0.1) is 0 Å². The predicted molar refractivity (Wildman–Crippen MR) is 150 cm³/mol. The molecule has 7 heteroatoms. The molecule has 0 saturated carbocycles. The fourth-order valence-corrected chi connectivity index (χ4v) is 4.58. The van der Waals surface area contributed by atoms with Gasteiger partial charge in [0.2, 0.25) is 0 Å². The standard InChI is InChI=1S/C30H24BrN3O3/c1-37-27-14-8-7-13-26(27)33(29(35)22-15-17-23(31)18-16-22)19-20-34-28(21-9-3-2-4-10-21)32-25-12-6-5-11-24(25)30(34)36/h2-18H,19-20H2,1H3. The molecule has 5 aromatic rings. The number of benzene rings is 4. The average molecular weight is 554 g/mol. The zero-order chi connectivity index (χ0) is 25.8. The number of para-hydroxylation sites is 3. The number of fused-ring (bicyclic) bond motifs is 1. The van der Waals surface area contributed by atoms with Crippen molar-refractivity contribution in [2.24, 2.45) is 0 Å². The zero-order valence-electron chi connectivity index (χ0n) is 20.2. The molecule has 0 atom stereocenters. The lowest BCUT2D eigenvalue weighted by Gasteiger charge is -2.26. The first-order chi connectivity index (χ1) is 18.1. The number of aromatic nitrogens is 2. The summed E-state index contributed by atoms with van der Waals surface area (Å²) in [5.41, 5.74) is 2.46. The van der Waals surface area contributed by atoms with Crippen molar-refractivity contribution in [3.05, 3.63) is 124 Å². The summed E-state index contributed by atoms with van der Waals surface area (Å²) in [4.78, 5) is 33.9. The molecule has 0 aliphatic rings. The first-order valence-electron chi connectivity index (χ1n) is 11.8. The molecule has 37 heavy (non-hydrogen) atoms. The molecule has 0 saturated heterocycles. The molecule has 0 N–H and O–H groups in total. The second-order valence-corrected chi connectivity index (χ2v) is 9.33. The number of nitrogens with zero attached hydrogens (tertiary/aromatic N) is 3. The molecule has 1 amide bonds. The molecule has 0 aliphatic heterocycles. The number of hydrogen-bond acceptors (Lipinski definition) is 4. The van der Waals surface area contributed by atoms with Gasteiger partial charge in [0.25, 0.3) is 11.5 Å². The van der Waals surface area contributed by atoms with Crippen molar-refractivity contribution >= 4 is 38.4 Å². The molecule has 0 bridgehead atoms. The minimum atomic E-state index is -0.194. The lowest BCUT2D eigenvalue weighted by atomic mass is 10.1. The quantitative estimate of drug-likeness (QED) is 0.241. The van der Waals surface area contributed by atoms with Gasteiger partial charge >= 0.3 is 0 Å². The van der Waals surface area contributed by atoms with Crippen molar-refractivity contribution in [3.63, 3.8) is 0 Å². The second-order valence-electron chi connectivity index (χ2n) is 8.41. The third-order valence-electron chi connectivity index (χ3n) is 6.15. The zero-order valence-corrected chi connectivity index (χ0v) is 21.8. The Bertz CT molecular complexity index is 1620. The number of ether oxygens (including phenoxy) is 1. The van der Waals surface area contributed by atoms with Crippen molar-refractivity contribution in [2.45, 2.75) is 6.54 Å². The van der Waals surface area contributed by atoms with E-state index in [9.17, 15) is 9.59 Å². The molecule has 4 aromatic carbocycles. The number of carbonyl (C=O) groups is 1. The Kier molecular flexibility index (Phi) is 7.14. The number of amides is 1. The average Bonchev–Trinajstić information content (AvgIpc) is 2.95. The van der Waals surface area contributed by atoms with Gasteiger partial charge in [-0.3, -0.25) is 14.2 Å². The summed E-state index contributed by atoms with van der Waals surface area (Å²) in [6, 6.07) is 31.5. The van der Waals surface area contributed by atoms with Gasteiger partial charge in [-0.25, -0.2) is 4.98 Å². The normalized spacial score (nSPS) is 10.9. The van der Waals surface area contributed by atoms with E-state index in [1.54, 1.807) is 34.8 Å². The summed E-state index contributed by atoms with van der Waals surface area (Å²) >= 11 is 3.43. The highest BCUT2D eigenvalue weighted by molar-refractivity contribution is 9.10. The Morgan fingerprint density at radius 3 is 2.32 bits per heavy atom. The largest absolute Gasteiger partial charge is 0.495 e. The molecule has 0 aliphatic carbocycles. The van der Waals surface area contributed by atoms with Crippen LogP contribution in [0.2, 0.25) is 0 Å². The monoisotopic (exact) mass is 553 g/mol. The Morgan fingerprint density at radius 1 is 0.892 bits per heavy atom. The lowest BCUT2D eigenvalue weighted by molar-refractivity contribution is 0.0985. The number of halogens is 1. The maximum absolute atomic E-state index is 13.8. The lowest BCUT2D eigenvalue weighted by Crippen LogP contribution is -2.36. The van der Waals surface area contributed by atoms with Gasteiger partial charge in [-0.2, -0.15) is 0 Å². The summed E-state index contributed by atoms with van der Waals surface area (Å²) < 4.78 is 8.11. The molecular formula is C30H24BrN3O3. The van der Waals surface area contributed by atoms with Gasteiger partial charge in [0, 0.05) is 28.7 Å². The maximum Gasteiger partial charge on any atom is 0.261 e. The van der Waals surface area contributed by atoms with E-state index in [-0.39, 0.29) is 24.6 Å². The molecule has 0 fully saturated rings. The summed E-state index contributed by atoms with van der Waals surface area (Å²) in [5.74, 6) is 0.931. The van der Waals surface area contributed by atoms with Gasteiger partial charge in [0.15, 0.2) is 0 Å². The molecule has 1 aromatic heterocycles. The Morgan fingerprint density at radius 2 is 1.57 bits per heavy atom. The van der Waals surface area contributed by atoms with Crippen LogP contribution < -0.4 is 15.2 Å². The molecular weight excluding hydrogens is 530 g/mol. The third kappa shape index (κ3) is 5.04. The van der Waals surface area contributed by atoms with Crippen LogP contribution in [0.15, 0.2) is 112 Å². The van der Waals surface area contributed by atoms with Crippen molar-refractivity contribution in [1.29, 1.82) is 0 Å². The van der Waals surface area contributed by atoms with Crippen LogP contribution in [0.3, 0.4) is 0 Å². The van der Waals surface area contributed by atoms with Crippen molar-refractivity contribution in [1.82, 2.24) is 9.55 Å². The van der Waals surface area contributed by atoms with Gasteiger partial charge < -0.3 is 9.64 Å². The van der Waals surface area contributed by atoms with E-state index in [2.05, 4.69) is 15.9 Å². The minimum Gasteiger partial charge on any atom is -0.495 e. The fourth-order valence-electron chi connectivity index (χ4n) is 4.32. The van der Waals surface area contributed by atoms with Crippen LogP contribution >= 0.6 is 15.9 Å². The van der Waals surface area contributed by atoms with E-state index in [0.717, 1.165) is 10.0 Å². The Labute approximate surface area is 222 Å². The number of carbonyl (C=O) groups excluding carboxylic acids is 1. The number of hydrogen-bond donors (Lipinski definition) is 0. The van der Waals surface area contributed by atoms with E-state index in [1.165, 1.54) is 0 Å². The minimum absolute atomic E-state index is 0.152. The van der Waals surface area contributed by atoms with Gasteiger partial charge in [0.05, 0.1) is 23.7 Å². The highest BCUT2D eigenvalue weighted by Gasteiger charge is 2.22. The van der Waals surface area contributed by atoms with Crippen LogP contribution in [0.25, 0.3) is 22.3 Å². The van der Waals surface area contributed by atoms with Gasteiger partial charge in [-0.1, -0.05) is 70.5 Å². The Hall–Kier alpha value is -4.23. The van der Waals surface area contributed by atoms with E-state index >= 15 is 0 Å². The number of anilines is 1. The molecule has 6 nitrogen and oxygen atoms in total. The second kappa shape index (κ2) is 10.8. The van der Waals surface area contributed by atoms with Crippen molar-refractivity contribution in [2.75, 3.05) is 18.6 Å². The van der Waals surface area contributed by atoms with Crippen LogP contribution in [-0.4, -0.2) is 29.1 Å². The molecule has 1 heterocycles. The van der Waals surface area contributed by atoms with E-state index in [1.807, 2.05) is 84.9 Å². The van der Waals surface area contributed by atoms with Crippen LogP contribution in [0.4, 0.5) is 5.69 Å². The summed E-state index contributed by atoms with van der Waals surface area (Å²) in [5, 5.41) is 0.533. The van der Waals surface area contributed by atoms with Gasteiger partial charge in [-0.05, 0) is 48.5 Å². The van der Waals surface area contributed by atoms with Gasteiger partial charge in [-0.15, -0.1) is 0 Å². The molecule has 184 valence electrons. The van der Waals surface area contributed by atoms with Crippen LogP contribution in [0.5, 0.6) is 5.75 Å². The van der Waals surface area contributed by atoms with E-state index < -0.39 is 0 Å². The van der Waals surface area contributed by atoms with Crippen LogP contribution in [0.1, 0.15) is 10.4 Å². The van der Waals surface area contributed by atoms with Crippen LogP contribution in [-0.2, 0) is 6.54 Å². The first kappa shape index (κ1) is 24.5. The van der Waals surface area contributed by atoms with Crippen molar-refractivity contribution < 1.29 is 9.53 Å². The third-order valence-corrected chi connectivity index (χ3v) is 6.68. The fraction of sp³-hybridized carbons (Fsp3) is 0.100. The van der Waals surface area contributed by atoms with Crippen molar-refractivity contribution in [3.8, 4) is 17.1 Å². The SMILES string of the molecule is COc1ccccc1N(CCn1c(-c2ccccc2)nc2ccccc2c1=O)C(=O)c1ccc(Br)cc1. The maximum atomic E-state index is 13.8. The van der Waals surface area contributed by atoms with E-state index in [4.69, 9.17) is 9.72 Å². The molecule has 5 rings (SSSR count). The highest BCUT2D eigenvalue weighted by Crippen LogP contribution is 2.29. The molecule has 0 unspecified atom stereocenters. The Balaban J connectivity index is 1.60. The first-order valence-corrected chi connectivity index (χ1v) is 12.6. The molecule has 0 radical (unpaired) electrons.